The van der Waals surface area contributed by atoms with Crippen LogP contribution < -0.4 is 9.47 Å². The molecule has 3 rings (SSSR count). The Labute approximate surface area is 162 Å². The predicted octanol–water partition coefficient (Wildman–Crippen LogP) is 5.25. The van der Waals surface area contributed by atoms with Crippen LogP contribution in [0.25, 0.3) is 17.0 Å². The Hall–Kier alpha value is -2.92. The van der Waals surface area contributed by atoms with E-state index in [0.29, 0.717) is 40.9 Å². The van der Waals surface area contributed by atoms with E-state index in [1.54, 1.807) is 38.5 Å². The molecule has 0 saturated carbocycles. The van der Waals surface area contributed by atoms with Gasteiger partial charge in [0.2, 0.25) is 5.75 Å². The van der Waals surface area contributed by atoms with Gasteiger partial charge in [0.25, 0.3) is 0 Å². The summed E-state index contributed by atoms with van der Waals surface area (Å²) in [7, 11) is 1.55. The smallest absolute Gasteiger partial charge is 0.330 e. The maximum Gasteiger partial charge on any atom is 0.330 e. The number of benzene rings is 2. The zero-order valence-electron chi connectivity index (χ0n) is 15.0. The summed E-state index contributed by atoms with van der Waals surface area (Å²) in [5, 5.41) is 1.50. The van der Waals surface area contributed by atoms with Crippen LogP contribution in [-0.2, 0) is 16.1 Å². The van der Waals surface area contributed by atoms with E-state index in [-0.39, 0.29) is 0 Å². The highest BCUT2D eigenvalue weighted by Crippen LogP contribution is 2.40. The first kappa shape index (κ1) is 18.9. The predicted molar refractivity (Wildman–Crippen MR) is 104 cm³/mol. The zero-order chi connectivity index (χ0) is 19.2. The van der Waals surface area contributed by atoms with Gasteiger partial charge in [-0.15, -0.1) is 0 Å². The van der Waals surface area contributed by atoms with Crippen LogP contribution in [0.2, 0.25) is 5.02 Å². The summed E-state index contributed by atoms with van der Waals surface area (Å²) in [6, 6.07) is 11.1. The minimum Gasteiger partial charge on any atom is -0.490 e. The molecular weight excluding hydrogens is 368 g/mol. The number of carbonyl (C=O) groups excluding carboxylic acids is 1. The first-order valence-corrected chi connectivity index (χ1v) is 8.80. The van der Waals surface area contributed by atoms with Gasteiger partial charge in [-0.05, 0) is 42.8 Å². The zero-order valence-corrected chi connectivity index (χ0v) is 15.8. The molecule has 0 radical (unpaired) electrons. The Bertz CT molecular complexity index is 957. The van der Waals surface area contributed by atoms with Crippen molar-refractivity contribution in [2.45, 2.75) is 13.5 Å². The third kappa shape index (κ3) is 4.44. The molecule has 6 heteroatoms. The Morgan fingerprint density at radius 2 is 1.96 bits per heavy atom. The Balaban J connectivity index is 1.97. The molecule has 2 aromatic carbocycles. The molecule has 1 heterocycles. The Kier molecular flexibility index (Phi) is 6.04. The van der Waals surface area contributed by atoms with E-state index < -0.39 is 5.97 Å². The number of esters is 1. The summed E-state index contributed by atoms with van der Waals surface area (Å²) in [6.45, 7) is 2.38. The highest BCUT2D eigenvalue weighted by molar-refractivity contribution is 6.30. The molecule has 0 aliphatic heterocycles. The van der Waals surface area contributed by atoms with Crippen LogP contribution >= 0.6 is 11.6 Å². The van der Waals surface area contributed by atoms with E-state index in [1.807, 2.05) is 24.3 Å². The molecule has 0 unspecified atom stereocenters. The molecule has 0 amide bonds. The second kappa shape index (κ2) is 8.64. The quantitative estimate of drug-likeness (QED) is 0.410. The number of methoxy groups -OCH3 is 1. The molecule has 5 nitrogen and oxygen atoms in total. The highest BCUT2D eigenvalue weighted by atomic mass is 35.5. The Morgan fingerprint density at radius 3 is 2.67 bits per heavy atom. The molecule has 27 heavy (non-hydrogen) atoms. The van der Waals surface area contributed by atoms with Crippen LogP contribution in [0.4, 0.5) is 0 Å². The van der Waals surface area contributed by atoms with Crippen molar-refractivity contribution in [3.8, 4) is 11.5 Å². The average Bonchev–Trinajstić information content (AvgIpc) is 3.13. The second-order valence-electron chi connectivity index (χ2n) is 5.67. The van der Waals surface area contributed by atoms with Crippen molar-refractivity contribution < 1.29 is 23.4 Å². The van der Waals surface area contributed by atoms with Gasteiger partial charge in [0, 0.05) is 22.0 Å². The number of hydrogen-bond acceptors (Lipinski definition) is 5. The molecule has 1 aromatic heterocycles. The summed E-state index contributed by atoms with van der Waals surface area (Å²) in [6.07, 6.45) is 4.58. The number of carbonyl (C=O) groups is 1. The van der Waals surface area contributed by atoms with Gasteiger partial charge in [-0.3, -0.25) is 0 Å². The van der Waals surface area contributed by atoms with Crippen molar-refractivity contribution in [2.75, 3.05) is 13.7 Å². The second-order valence-corrected chi connectivity index (χ2v) is 6.10. The van der Waals surface area contributed by atoms with Gasteiger partial charge < -0.3 is 18.6 Å². The maximum atomic E-state index is 11.7. The van der Waals surface area contributed by atoms with E-state index >= 15 is 0 Å². The summed E-state index contributed by atoms with van der Waals surface area (Å²) < 4.78 is 22.0. The molecule has 0 aliphatic rings. The van der Waals surface area contributed by atoms with Gasteiger partial charge >= 0.3 is 5.97 Å². The van der Waals surface area contributed by atoms with Crippen molar-refractivity contribution >= 4 is 34.6 Å². The molecule has 0 atom stereocenters. The van der Waals surface area contributed by atoms with Gasteiger partial charge in [-0.1, -0.05) is 23.7 Å². The fraction of sp³-hybridized carbons (Fsp3) is 0.190. The number of fused-ring (bicyclic) bond motifs is 1. The molecule has 0 aliphatic carbocycles. The minimum atomic E-state index is -0.424. The van der Waals surface area contributed by atoms with Gasteiger partial charge in [0.15, 0.2) is 11.3 Å². The highest BCUT2D eigenvalue weighted by Gasteiger charge is 2.17. The van der Waals surface area contributed by atoms with Crippen molar-refractivity contribution in [1.29, 1.82) is 0 Å². The Morgan fingerprint density at radius 1 is 1.19 bits per heavy atom. The number of rotatable bonds is 7. The standard InChI is InChI=1S/C21H19ClO5/c1-3-25-18(23)9-6-15-12-16-10-11-26-19(16)21(24-2)20(15)27-13-14-4-7-17(22)8-5-14/h4-12H,3,13H2,1-2H3/b9-6+. The van der Waals surface area contributed by atoms with Gasteiger partial charge in [0.05, 0.1) is 20.0 Å². The molecule has 0 spiro atoms. The van der Waals surface area contributed by atoms with Gasteiger partial charge in [-0.2, -0.15) is 0 Å². The van der Waals surface area contributed by atoms with Crippen LogP contribution in [0.1, 0.15) is 18.1 Å². The summed E-state index contributed by atoms with van der Waals surface area (Å²) in [5.74, 6) is 0.526. The number of hydrogen-bond donors (Lipinski definition) is 0. The van der Waals surface area contributed by atoms with Crippen LogP contribution in [-0.4, -0.2) is 19.7 Å². The molecule has 140 valence electrons. The van der Waals surface area contributed by atoms with Crippen LogP contribution in [0.3, 0.4) is 0 Å². The molecule has 3 aromatic rings. The van der Waals surface area contributed by atoms with E-state index in [2.05, 4.69) is 0 Å². The lowest BCUT2D eigenvalue weighted by Crippen LogP contribution is -2.01. The lowest BCUT2D eigenvalue weighted by atomic mass is 10.1. The van der Waals surface area contributed by atoms with E-state index in [0.717, 1.165) is 10.9 Å². The molecular formula is C21H19ClO5. The summed E-state index contributed by atoms with van der Waals surface area (Å²) >= 11 is 5.93. The van der Waals surface area contributed by atoms with E-state index in [9.17, 15) is 4.79 Å². The van der Waals surface area contributed by atoms with Crippen molar-refractivity contribution in [1.82, 2.24) is 0 Å². The minimum absolute atomic E-state index is 0.306. The van der Waals surface area contributed by atoms with E-state index in [1.165, 1.54) is 6.08 Å². The average molecular weight is 387 g/mol. The van der Waals surface area contributed by atoms with Crippen molar-refractivity contribution in [3.63, 3.8) is 0 Å². The molecule has 0 bridgehead atoms. The fourth-order valence-electron chi connectivity index (χ4n) is 2.63. The third-order valence-corrected chi connectivity index (χ3v) is 4.12. The number of ether oxygens (including phenoxy) is 3. The van der Waals surface area contributed by atoms with Crippen LogP contribution in [0, 0.1) is 0 Å². The summed E-state index contributed by atoms with van der Waals surface area (Å²) in [5.41, 5.74) is 2.21. The first-order chi connectivity index (χ1) is 13.1. The molecule has 0 N–H and O–H groups in total. The van der Waals surface area contributed by atoms with Crippen LogP contribution in [0.15, 0.2) is 53.2 Å². The lowest BCUT2D eigenvalue weighted by Gasteiger charge is -2.14. The number of furan rings is 1. The van der Waals surface area contributed by atoms with Crippen molar-refractivity contribution in [2.24, 2.45) is 0 Å². The normalized spacial score (nSPS) is 11.1. The molecule has 0 saturated heterocycles. The largest absolute Gasteiger partial charge is 0.490 e. The van der Waals surface area contributed by atoms with Gasteiger partial charge in [0.1, 0.15) is 6.61 Å². The fourth-order valence-corrected chi connectivity index (χ4v) is 2.75. The van der Waals surface area contributed by atoms with Crippen molar-refractivity contribution in [3.05, 3.63) is 64.9 Å². The monoisotopic (exact) mass is 386 g/mol. The topological polar surface area (TPSA) is 57.9 Å². The lowest BCUT2D eigenvalue weighted by molar-refractivity contribution is -0.137. The molecule has 0 fully saturated rings. The number of halogens is 1. The summed E-state index contributed by atoms with van der Waals surface area (Å²) in [4.78, 5) is 11.7. The van der Waals surface area contributed by atoms with Crippen LogP contribution in [0.5, 0.6) is 11.5 Å². The maximum absolute atomic E-state index is 11.7. The first-order valence-electron chi connectivity index (χ1n) is 8.42. The SMILES string of the molecule is CCOC(=O)/C=C/c1cc2ccoc2c(OC)c1OCc1ccc(Cl)cc1. The van der Waals surface area contributed by atoms with Gasteiger partial charge in [-0.25, -0.2) is 4.79 Å². The van der Waals surface area contributed by atoms with E-state index in [4.69, 9.17) is 30.2 Å². The third-order valence-electron chi connectivity index (χ3n) is 3.87.